The summed E-state index contributed by atoms with van der Waals surface area (Å²) in [6, 6.07) is 3.84. The Morgan fingerprint density at radius 2 is 2.06 bits per heavy atom. The van der Waals surface area contributed by atoms with Crippen molar-refractivity contribution in [2.24, 2.45) is 11.8 Å². The Balaban J connectivity index is 2.03. The van der Waals surface area contributed by atoms with E-state index in [2.05, 4.69) is 24.8 Å². The first-order chi connectivity index (χ1) is 8.76. The molecule has 4 unspecified atom stereocenters. The molecule has 2 aliphatic rings. The summed E-state index contributed by atoms with van der Waals surface area (Å²) in [5.41, 5.74) is 0. The Labute approximate surface area is 112 Å². The summed E-state index contributed by atoms with van der Waals surface area (Å²) in [4.78, 5) is 2.67. The lowest BCUT2D eigenvalue weighted by atomic mass is 9.75. The largest absolute Gasteiger partial charge is 0.296 e. The minimum atomic E-state index is 0.290. The summed E-state index contributed by atoms with van der Waals surface area (Å²) in [5.74, 6) is 1.16. The van der Waals surface area contributed by atoms with Gasteiger partial charge in [-0.15, -0.1) is 0 Å². The lowest BCUT2D eigenvalue weighted by molar-refractivity contribution is 0.0442. The topological polar surface area (TPSA) is 27.0 Å². The van der Waals surface area contributed by atoms with Crippen molar-refractivity contribution in [3.8, 4) is 6.07 Å². The number of nitrogens with zero attached hydrogens (tertiary/aromatic N) is 2. The molecule has 1 aliphatic carbocycles. The van der Waals surface area contributed by atoms with Gasteiger partial charge in [0.15, 0.2) is 0 Å². The van der Waals surface area contributed by atoms with Gasteiger partial charge in [-0.05, 0) is 51.5 Å². The minimum Gasteiger partial charge on any atom is -0.296 e. The van der Waals surface area contributed by atoms with Crippen LogP contribution < -0.4 is 0 Å². The van der Waals surface area contributed by atoms with Gasteiger partial charge in [0.25, 0.3) is 0 Å². The van der Waals surface area contributed by atoms with Crippen LogP contribution in [0.25, 0.3) is 0 Å². The summed E-state index contributed by atoms with van der Waals surface area (Å²) >= 11 is 0. The maximum Gasteiger partial charge on any atom is 0.0672 e. The molecule has 2 fully saturated rings. The molecule has 102 valence electrons. The third kappa shape index (κ3) is 3.06. The van der Waals surface area contributed by atoms with Crippen molar-refractivity contribution < 1.29 is 0 Å². The van der Waals surface area contributed by atoms with Gasteiger partial charge in [-0.3, -0.25) is 4.90 Å². The Kier molecular flexibility index (Phi) is 5.06. The number of likely N-dealkylation sites (tertiary alicyclic amines) is 1. The third-order valence-electron chi connectivity index (χ3n) is 5.07. The normalized spacial score (nSPS) is 38.3. The van der Waals surface area contributed by atoms with Crippen LogP contribution in [0.1, 0.15) is 65.2 Å². The minimum absolute atomic E-state index is 0.290. The van der Waals surface area contributed by atoms with E-state index in [9.17, 15) is 5.26 Å². The van der Waals surface area contributed by atoms with Gasteiger partial charge in [-0.2, -0.15) is 5.26 Å². The monoisotopic (exact) mass is 248 g/mol. The van der Waals surface area contributed by atoms with Crippen molar-refractivity contribution in [1.82, 2.24) is 4.90 Å². The van der Waals surface area contributed by atoms with E-state index in [-0.39, 0.29) is 0 Å². The fourth-order valence-electron chi connectivity index (χ4n) is 4.03. The van der Waals surface area contributed by atoms with Gasteiger partial charge in [-0.25, -0.2) is 0 Å². The van der Waals surface area contributed by atoms with Crippen LogP contribution in [-0.4, -0.2) is 23.5 Å². The fraction of sp³-hybridized carbons (Fsp3) is 0.938. The highest BCUT2D eigenvalue weighted by molar-refractivity contribution is 4.99. The van der Waals surface area contributed by atoms with Crippen molar-refractivity contribution in [3.05, 3.63) is 0 Å². The summed E-state index contributed by atoms with van der Waals surface area (Å²) in [6.45, 7) is 5.87. The molecule has 0 aromatic rings. The first-order valence-electron chi connectivity index (χ1n) is 7.91. The van der Waals surface area contributed by atoms with Gasteiger partial charge in [0, 0.05) is 12.1 Å². The highest BCUT2D eigenvalue weighted by Crippen LogP contribution is 2.36. The Hall–Kier alpha value is -0.550. The molecule has 0 spiro atoms. The standard InChI is InChI=1S/C16H28N2/c1-3-6-14-8-9-15(12-17)16(11-14)18-10-5-4-7-13(18)2/h13-16H,3-11H2,1-2H3. The van der Waals surface area contributed by atoms with Crippen molar-refractivity contribution in [2.45, 2.75) is 77.3 Å². The second kappa shape index (κ2) is 6.57. The lowest BCUT2D eigenvalue weighted by Crippen LogP contribution is -2.50. The van der Waals surface area contributed by atoms with E-state index in [0.717, 1.165) is 12.3 Å². The van der Waals surface area contributed by atoms with E-state index >= 15 is 0 Å². The van der Waals surface area contributed by atoms with E-state index in [4.69, 9.17) is 0 Å². The van der Waals surface area contributed by atoms with Crippen LogP contribution in [0.4, 0.5) is 0 Å². The molecule has 1 heterocycles. The summed E-state index contributed by atoms with van der Waals surface area (Å²) < 4.78 is 0. The highest BCUT2D eigenvalue weighted by Gasteiger charge is 2.36. The zero-order valence-corrected chi connectivity index (χ0v) is 12.1. The smallest absolute Gasteiger partial charge is 0.0672 e. The van der Waals surface area contributed by atoms with Gasteiger partial charge in [-0.1, -0.05) is 26.2 Å². The molecule has 2 rings (SSSR count). The molecule has 18 heavy (non-hydrogen) atoms. The average Bonchev–Trinajstić information content (AvgIpc) is 2.40. The molecule has 2 nitrogen and oxygen atoms in total. The second-order valence-electron chi connectivity index (χ2n) is 6.35. The zero-order valence-electron chi connectivity index (χ0n) is 12.1. The Morgan fingerprint density at radius 1 is 1.22 bits per heavy atom. The Morgan fingerprint density at radius 3 is 2.72 bits per heavy atom. The zero-order chi connectivity index (χ0) is 13.0. The quantitative estimate of drug-likeness (QED) is 0.755. The first kappa shape index (κ1) is 13.9. The van der Waals surface area contributed by atoms with Crippen LogP contribution >= 0.6 is 0 Å². The number of rotatable bonds is 3. The van der Waals surface area contributed by atoms with E-state index in [1.165, 1.54) is 51.5 Å². The molecule has 1 aliphatic heterocycles. The SMILES string of the molecule is CCCC1CCC(C#N)C(N2CCCCC2C)C1. The van der Waals surface area contributed by atoms with Crippen LogP contribution in [0.3, 0.4) is 0 Å². The number of nitriles is 1. The predicted molar refractivity (Wildman–Crippen MR) is 75.2 cm³/mol. The van der Waals surface area contributed by atoms with E-state index in [1.54, 1.807) is 0 Å². The lowest BCUT2D eigenvalue weighted by Gasteiger charge is -2.45. The van der Waals surface area contributed by atoms with Crippen LogP contribution in [0.2, 0.25) is 0 Å². The number of hydrogen-bond donors (Lipinski definition) is 0. The second-order valence-corrected chi connectivity index (χ2v) is 6.35. The molecule has 1 saturated heterocycles. The van der Waals surface area contributed by atoms with Gasteiger partial charge >= 0.3 is 0 Å². The Bertz CT molecular complexity index is 294. The molecule has 0 amide bonds. The highest BCUT2D eigenvalue weighted by atomic mass is 15.2. The molecular weight excluding hydrogens is 220 g/mol. The molecule has 0 radical (unpaired) electrons. The van der Waals surface area contributed by atoms with Crippen LogP contribution in [0.5, 0.6) is 0 Å². The summed E-state index contributed by atoms with van der Waals surface area (Å²) in [5, 5.41) is 9.42. The van der Waals surface area contributed by atoms with Gasteiger partial charge in [0.05, 0.1) is 12.0 Å². The van der Waals surface area contributed by atoms with Crippen molar-refractivity contribution in [2.75, 3.05) is 6.54 Å². The van der Waals surface area contributed by atoms with E-state index in [0.29, 0.717) is 18.0 Å². The van der Waals surface area contributed by atoms with E-state index < -0.39 is 0 Å². The van der Waals surface area contributed by atoms with Crippen molar-refractivity contribution in [3.63, 3.8) is 0 Å². The molecule has 0 N–H and O–H groups in total. The molecule has 0 bridgehead atoms. The maximum absolute atomic E-state index is 9.42. The van der Waals surface area contributed by atoms with Crippen molar-refractivity contribution in [1.29, 1.82) is 5.26 Å². The molecule has 1 saturated carbocycles. The molecular formula is C16H28N2. The van der Waals surface area contributed by atoms with Gasteiger partial charge in [0.1, 0.15) is 0 Å². The van der Waals surface area contributed by atoms with Gasteiger partial charge in [0.2, 0.25) is 0 Å². The average molecular weight is 248 g/mol. The van der Waals surface area contributed by atoms with Gasteiger partial charge < -0.3 is 0 Å². The molecule has 0 aromatic heterocycles. The molecule has 4 atom stereocenters. The van der Waals surface area contributed by atoms with Crippen LogP contribution in [-0.2, 0) is 0 Å². The third-order valence-corrected chi connectivity index (χ3v) is 5.07. The molecule has 2 heteroatoms. The molecule has 0 aromatic carbocycles. The van der Waals surface area contributed by atoms with Crippen LogP contribution in [0, 0.1) is 23.2 Å². The maximum atomic E-state index is 9.42. The summed E-state index contributed by atoms with van der Waals surface area (Å²) in [7, 11) is 0. The first-order valence-corrected chi connectivity index (χ1v) is 7.91. The van der Waals surface area contributed by atoms with Crippen LogP contribution in [0.15, 0.2) is 0 Å². The number of piperidine rings is 1. The van der Waals surface area contributed by atoms with E-state index in [1.807, 2.05) is 0 Å². The van der Waals surface area contributed by atoms with Crippen molar-refractivity contribution >= 4 is 0 Å². The number of hydrogen-bond acceptors (Lipinski definition) is 2. The summed E-state index contributed by atoms with van der Waals surface area (Å²) in [6.07, 6.45) is 10.4. The fourth-order valence-corrected chi connectivity index (χ4v) is 4.03. The predicted octanol–water partition coefficient (Wildman–Crippen LogP) is 3.97.